The Morgan fingerprint density at radius 3 is 3.10 bits per heavy atom. The lowest BCUT2D eigenvalue weighted by Crippen LogP contribution is -1.85. The molecule has 0 aromatic carbocycles. The molecule has 0 bridgehead atoms. The van der Waals surface area contributed by atoms with Crippen molar-refractivity contribution in [3.63, 3.8) is 0 Å². The zero-order chi connectivity index (χ0) is 7.40. The highest BCUT2D eigenvalue weighted by molar-refractivity contribution is 7.09. The molecule has 0 atom stereocenters. The number of aromatic nitrogens is 1. The van der Waals surface area contributed by atoms with Crippen LogP contribution in [0.5, 0.6) is 0 Å². The maximum atomic E-state index is 10.0. The summed E-state index contributed by atoms with van der Waals surface area (Å²) in [6.07, 6.45) is 2.30. The lowest BCUT2D eigenvalue weighted by atomic mass is 10.4. The molecule has 1 aromatic rings. The van der Waals surface area contributed by atoms with E-state index < -0.39 is 0 Å². The van der Waals surface area contributed by atoms with E-state index in [1.807, 2.05) is 5.38 Å². The fourth-order valence-corrected chi connectivity index (χ4v) is 1.45. The topological polar surface area (TPSA) is 30.0 Å². The molecule has 3 heteroatoms. The van der Waals surface area contributed by atoms with Gasteiger partial charge in [0.25, 0.3) is 0 Å². The van der Waals surface area contributed by atoms with Crippen LogP contribution in [0.15, 0.2) is 5.38 Å². The van der Waals surface area contributed by atoms with Crippen molar-refractivity contribution in [2.24, 2.45) is 0 Å². The SMILES string of the molecule is CCc1nc(CC=O)cs1. The zero-order valence-electron chi connectivity index (χ0n) is 5.83. The van der Waals surface area contributed by atoms with Crippen molar-refractivity contribution in [1.29, 1.82) is 0 Å². The van der Waals surface area contributed by atoms with Crippen LogP contribution in [0.4, 0.5) is 0 Å². The van der Waals surface area contributed by atoms with Crippen molar-refractivity contribution in [3.8, 4) is 0 Å². The van der Waals surface area contributed by atoms with Crippen molar-refractivity contribution >= 4 is 17.6 Å². The van der Waals surface area contributed by atoms with Gasteiger partial charge >= 0.3 is 0 Å². The van der Waals surface area contributed by atoms with Gasteiger partial charge in [-0.15, -0.1) is 11.3 Å². The van der Waals surface area contributed by atoms with E-state index in [1.54, 1.807) is 11.3 Å². The molecule has 10 heavy (non-hydrogen) atoms. The predicted molar refractivity (Wildman–Crippen MR) is 41.3 cm³/mol. The highest BCUT2D eigenvalue weighted by atomic mass is 32.1. The maximum absolute atomic E-state index is 10.0. The third kappa shape index (κ3) is 1.64. The van der Waals surface area contributed by atoms with Crippen molar-refractivity contribution in [3.05, 3.63) is 16.1 Å². The molecule has 0 fully saturated rings. The van der Waals surface area contributed by atoms with Crippen LogP contribution in [0, 0.1) is 0 Å². The molecule has 0 saturated heterocycles. The number of thiazole rings is 1. The van der Waals surface area contributed by atoms with E-state index in [0.29, 0.717) is 6.42 Å². The van der Waals surface area contributed by atoms with Gasteiger partial charge in [0.15, 0.2) is 0 Å². The summed E-state index contributed by atoms with van der Waals surface area (Å²) in [6.45, 7) is 2.06. The van der Waals surface area contributed by atoms with Gasteiger partial charge in [-0.3, -0.25) is 0 Å². The molecule has 0 aliphatic heterocycles. The minimum absolute atomic E-state index is 0.455. The normalized spacial score (nSPS) is 9.70. The molecule has 0 amide bonds. The number of rotatable bonds is 3. The van der Waals surface area contributed by atoms with Crippen LogP contribution in [-0.2, 0) is 17.6 Å². The number of aldehydes is 1. The van der Waals surface area contributed by atoms with Gasteiger partial charge in [-0.05, 0) is 6.42 Å². The van der Waals surface area contributed by atoms with Crippen molar-refractivity contribution in [2.45, 2.75) is 19.8 Å². The third-order valence-corrected chi connectivity index (χ3v) is 2.24. The standard InChI is InChI=1S/C7H9NOS/c1-2-7-8-6(3-4-9)5-10-7/h4-5H,2-3H2,1H3. The lowest BCUT2D eigenvalue weighted by Gasteiger charge is -1.82. The van der Waals surface area contributed by atoms with E-state index in [1.165, 1.54) is 0 Å². The zero-order valence-corrected chi connectivity index (χ0v) is 6.65. The Bertz CT molecular complexity index is 219. The fraction of sp³-hybridized carbons (Fsp3) is 0.429. The van der Waals surface area contributed by atoms with Crippen molar-refractivity contribution in [1.82, 2.24) is 4.98 Å². The van der Waals surface area contributed by atoms with Crippen LogP contribution in [-0.4, -0.2) is 11.3 Å². The number of hydrogen-bond donors (Lipinski definition) is 0. The Morgan fingerprint density at radius 1 is 1.80 bits per heavy atom. The summed E-state index contributed by atoms with van der Waals surface area (Å²) < 4.78 is 0. The van der Waals surface area contributed by atoms with E-state index in [2.05, 4.69) is 11.9 Å². The number of carbonyl (C=O) groups excluding carboxylic acids is 1. The molecule has 0 aliphatic carbocycles. The van der Waals surface area contributed by atoms with Crippen LogP contribution in [0.2, 0.25) is 0 Å². The van der Waals surface area contributed by atoms with Crippen LogP contribution >= 0.6 is 11.3 Å². The fourth-order valence-electron chi connectivity index (χ4n) is 0.690. The molecule has 1 aromatic heterocycles. The van der Waals surface area contributed by atoms with Crippen LogP contribution in [0.25, 0.3) is 0 Å². The molecule has 0 saturated carbocycles. The number of hydrogen-bond acceptors (Lipinski definition) is 3. The molecule has 0 radical (unpaired) electrons. The van der Waals surface area contributed by atoms with E-state index in [-0.39, 0.29) is 0 Å². The van der Waals surface area contributed by atoms with Crippen molar-refractivity contribution in [2.75, 3.05) is 0 Å². The second kappa shape index (κ2) is 3.46. The molecule has 54 valence electrons. The molecule has 2 nitrogen and oxygen atoms in total. The highest BCUT2D eigenvalue weighted by Crippen LogP contribution is 2.09. The summed E-state index contributed by atoms with van der Waals surface area (Å²) in [5.41, 5.74) is 0.900. The smallest absolute Gasteiger partial charge is 0.125 e. The first-order valence-electron chi connectivity index (χ1n) is 3.23. The monoisotopic (exact) mass is 155 g/mol. The molecule has 1 heterocycles. The van der Waals surface area contributed by atoms with Gasteiger partial charge < -0.3 is 4.79 Å². The van der Waals surface area contributed by atoms with Gasteiger partial charge in [-0.1, -0.05) is 6.92 Å². The molecule has 0 aliphatic rings. The Morgan fingerprint density at radius 2 is 2.60 bits per heavy atom. The molecule has 0 N–H and O–H groups in total. The number of nitrogens with zero attached hydrogens (tertiary/aromatic N) is 1. The predicted octanol–water partition coefficient (Wildman–Crippen LogP) is 1.45. The lowest BCUT2D eigenvalue weighted by molar-refractivity contribution is -0.107. The summed E-state index contributed by atoms with van der Waals surface area (Å²) in [4.78, 5) is 14.2. The average molecular weight is 155 g/mol. The maximum Gasteiger partial charge on any atom is 0.125 e. The summed E-state index contributed by atoms with van der Waals surface area (Å²) in [5, 5.41) is 3.05. The summed E-state index contributed by atoms with van der Waals surface area (Å²) in [5.74, 6) is 0. The van der Waals surface area contributed by atoms with Gasteiger partial charge in [0.05, 0.1) is 10.7 Å². The molecule has 0 spiro atoms. The van der Waals surface area contributed by atoms with Crippen LogP contribution < -0.4 is 0 Å². The Labute approximate surface area is 63.9 Å². The second-order valence-corrected chi connectivity index (χ2v) is 2.90. The summed E-state index contributed by atoms with van der Waals surface area (Å²) >= 11 is 1.62. The van der Waals surface area contributed by atoms with Gasteiger partial charge in [-0.2, -0.15) is 0 Å². The largest absolute Gasteiger partial charge is 0.303 e. The van der Waals surface area contributed by atoms with Gasteiger partial charge in [-0.25, -0.2) is 4.98 Å². The minimum Gasteiger partial charge on any atom is -0.303 e. The van der Waals surface area contributed by atoms with E-state index >= 15 is 0 Å². The number of aryl methyl sites for hydroxylation is 1. The second-order valence-electron chi connectivity index (χ2n) is 1.96. The summed E-state index contributed by atoms with van der Waals surface area (Å²) in [7, 11) is 0. The van der Waals surface area contributed by atoms with Crippen molar-refractivity contribution < 1.29 is 4.79 Å². The number of carbonyl (C=O) groups is 1. The molecular weight excluding hydrogens is 146 g/mol. The third-order valence-electron chi connectivity index (χ3n) is 1.19. The minimum atomic E-state index is 0.455. The van der Waals surface area contributed by atoms with Gasteiger partial charge in [0, 0.05) is 11.8 Å². The molecule has 0 unspecified atom stereocenters. The Kier molecular flexibility index (Phi) is 2.57. The Hall–Kier alpha value is -0.700. The average Bonchev–Trinajstić information content (AvgIpc) is 2.37. The first-order valence-corrected chi connectivity index (χ1v) is 4.11. The Balaban J connectivity index is 2.67. The first-order chi connectivity index (χ1) is 4.86. The van der Waals surface area contributed by atoms with E-state index in [0.717, 1.165) is 23.4 Å². The van der Waals surface area contributed by atoms with Gasteiger partial charge in [0.1, 0.15) is 6.29 Å². The van der Waals surface area contributed by atoms with E-state index in [9.17, 15) is 4.79 Å². The first kappa shape index (κ1) is 7.41. The molecule has 1 rings (SSSR count). The van der Waals surface area contributed by atoms with Gasteiger partial charge in [0.2, 0.25) is 0 Å². The molecular formula is C7H9NOS. The highest BCUT2D eigenvalue weighted by Gasteiger charge is 1.97. The van der Waals surface area contributed by atoms with Crippen LogP contribution in [0.1, 0.15) is 17.6 Å². The quantitative estimate of drug-likeness (QED) is 0.618. The van der Waals surface area contributed by atoms with E-state index in [4.69, 9.17) is 0 Å². The van der Waals surface area contributed by atoms with Crippen LogP contribution in [0.3, 0.4) is 0 Å². The summed E-state index contributed by atoms with van der Waals surface area (Å²) in [6, 6.07) is 0.